The number of carboxylic acids is 1. The highest BCUT2D eigenvalue weighted by Gasteiger charge is 2.27. The van der Waals surface area contributed by atoms with Gasteiger partial charge in [-0.2, -0.15) is 5.26 Å². The van der Waals surface area contributed by atoms with Crippen molar-refractivity contribution in [1.29, 1.82) is 5.26 Å². The SMILES string of the molecule is CC#CCn1c(N2CCCC(N)C2)nc2c(=O)n(CC(=O)O)n(Cc3ccccc3C#N)c(=O)c21. The van der Waals surface area contributed by atoms with Gasteiger partial charge >= 0.3 is 5.97 Å². The Kier molecular flexibility index (Phi) is 6.71. The molecule has 1 aliphatic rings. The van der Waals surface area contributed by atoms with Crippen LogP contribution >= 0.6 is 0 Å². The summed E-state index contributed by atoms with van der Waals surface area (Å²) in [6.07, 6.45) is 1.70. The summed E-state index contributed by atoms with van der Waals surface area (Å²) in [5.74, 6) is 4.86. The fraction of sp³-hybridized carbons (Fsp3) is 0.375. The molecular formula is C24H25N7O4. The molecule has 1 unspecified atom stereocenters. The van der Waals surface area contributed by atoms with Gasteiger partial charge in [0, 0.05) is 19.1 Å². The van der Waals surface area contributed by atoms with Crippen LogP contribution in [0.1, 0.15) is 30.9 Å². The third kappa shape index (κ3) is 4.54. The van der Waals surface area contributed by atoms with E-state index in [2.05, 4.69) is 22.9 Å². The number of fused-ring (bicyclic) bond motifs is 1. The van der Waals surface area contributed by atoms with Gasteiger partial charge in [-0.3, -0.25) is 19.0 Å². The number of piperidine rings is 1. The number of hydrogen-bond acceptors (Lipinski definition) is 7. The number of benzene rings is 1. The molecule has 35 heavy (non-hydrogen) atoms. The van der Waals surface area contributed by atoms with Gasteiger partial charge in [0.05, 0.1) is 24.7 Å². The van der Waals surface area contributed by atoms with E-state index in [9.17, 15) is 24.8 Å². The maximum absolute atomic E-state index is 13.8. The van der Waals surface area contributed by atoms with E-state index in [1.165, 1.54) is 0 Å². The summed E-state index contributed by atoms with van der Waals surface area (Å²) in [7, 11) is 0. The first-order chi connectivity index (χ1) is 16.8. The molecule has 3 aromatic rings. The Labute approximate surface area is 200 Å². The van der Waals surface area contributed by atoms with E-state index < -0.39 is 23.6 Å². The minimum atomic E-state index is -1.29. The number of anilines is 1. The molecule has 11 nitrogen and oxygen atoms in total. The minimum absolute atomic E-state index is 0.0444. The van der Waals surface area contributed by atoms with E-state index in [1.807, 2.05) is 4.90 Å². The van der Waals surface area contributed by atoms with Crippen molar-refractivity contribution >= 4 is 23.0 Å². The molecule has 0 saturated carbocycles. The van der Waals surface area contributed by atoms with E-state index >= 15 is 0 Å². The molecule has 2 aromatic heterocycles. The highest BCUT2D eigenvalue weighted by Crippen LogP contribution is 2.22. The van der Waals surface area contributed by atoms with Crippen molar-refractivity contribution in [3.05, 3.63) is 56.1 Å². The Morgan fingerprint density at radius 3 is 2.71 bits per heavy atom. The molecule has 1 atom stereocenters. The average Bonchev–Trinajstić information content (AvgIpc) is 3.23. The second-order valence-electron chi connectivity index (χ2n) is 8.36. The number of aliphatic carboxylic acids is 1. The van der Waals surface area contributed by atoms with Crippen molar-refractivity contribution in [2.45, 2.75) is 45.4 Å². The van der Waals surface area contributed by atoms with Gasteiger partial charge in [-0.25, -0.2) is 14.3 Å². The van der Waals surface area contributed by atoms with E-state index in [1.54, 1.807) is 35.8 Å². The zero-order valence-corrected chi connectivity index (χ0v) is 19.3. The number of nitrogens with zero attached hydrogens (tertiary/aromatic N) is 6. The Morgan fingerprint density at radius 1 is 1.26 bits per heavy atom. The molecule has 11 heteroatoms. The van der Waals surface area contributed by atoms with Crippen LogP contribution in [0.3, 0.4) is 0 Å². The van der Waals surface area contributed by atoms with E-state index in [0.29, 0.717) is 30.2 Å². The summed E-state index contributed by atoms with van der Waals surface area (Å²) in [6.45, 7) is 2.08. The van der Waals surface area contributed by atoms with Gasteiger partial charge in [-0.1, -0.05) is 24.1 Å². The van der Waals surface area contributed by atoms with Crippen molar-refractivity contribution in [2.24, 2.45) is 5.73 Å². The van der Waals surface area contributed by atoms with Gasteiger partial charge in [-0.15, -0.1) is 5.92 Å². The monoisotopic (exact) mass is 475 g/mol. The van der Waals surface area contributed by atoms with Crippen molar-refractivity contribution in [2.75, 3.05) is 18.0 Å². The fourth-order valence-electron chi connectivity index (χ4n) is 4.38. The maximum Gasteiger partial charge on any atom is 0.325 e. The van der Waals surface area contributed by atoms with E-state index in [0.717, 1.165) is 22.2 Å². The topological polar surface area (TPSA) is 152 Å². The molecule has 1 saturated heterocycles. The summed E-state index contributed by atoms with van der Waals surface area (Å²) in [6, 6.07) is 8.64. The van der Waals surface area contributed by atoms with Crippen LogP contribution in [0.4, 0.5) is 5.95 Å². The van der Waals surface area contributed by atoms with Crippen LogP contribution in [0.2, 0.25) is 0 Å². The first-order valence-electron chi connectivity index (χ1n) is 11.2. The predicted molar refractivity (Wildman–Crippen MR) is 129 cm³/mol. The van der Waals surface area contributed by atoms with Gasteiger partial charge in [-0.05, 0) is 31.4 Å². The van der Waals surface area contributed by atoms with Crippen molar-refractivity contribution in [3.63, 3.8) is 0 Å². The lowest BCUT2D eigenvalue weighted by atomic mass is 10.1. The van der Waals surface area contributed by atoms with Gasteiger partial charge in [0.25, 0.3) is 11.1 Å². The summed E-state index contributed by atoms with van der Waals surface area (Å²) < 4.78 is 3.54. The van der Waals surface area contributed by atoms with Gasteiger partial charge < -0.3 is 15.7 Å². The van der Waals surface area contributed by atoms with Crippen molar-refractivity contribution in [1.82, 2.24) is 18.9 Å². The lowest BCUT2D eigenvalue weighted by Crippen LogP contribution is -2.44. The first-order valence-corrected chi connectivity index (χ1v) is 11.2. The second-order valence-corrected chi connectivity index (χ2v) is 8.36. The van der Waals surface area contributed by atoms with Gasteiger partial charge in [0.15, 0.2) is 5.52 Å². The number of nitriles is 1. The lowest BCUT2D eigenvalue weighted by Gasteiger charge is -2.31. The zero-order chi connectivity index (χ0) is 25.1. The second kappa shape index (κ2) is 9.87. The molecule has 180 valence electrons. The molecule has 3 heterocycles. The third-order valence-electron chi connectivity index (χ3n) is 6.01. The molecule has 1 aromatic carbocycles. The number of aromatic nitrogens is 4. The Morgan fingerprint density at radius 2 is 2.03 bits per heavy atom. The summed E-state index contributed by atoms with van der Waals surface area (Å²) in [5.41, 5.74) is 5.59. The summed E-state index contributed by atoms with van der Waals surface area (Å²) in [4.78, 5) is 45.3. The molecule has 4 rings (SSSR count). The van der Waals surface area contributed by atoms with Crippen molar-refractivity contribution in [3.8, 4) is 17.9 Å². The summed E-state index contributed by atoms with van der Waals surface area (Å²) >= 11 is 0. The third-order valence-corrected chi connectivity index (χ3v) is 6.01. The molecular weight excluding hydrogens is 450 g/mol. The van der Waals surface area contributed by atoms with Crippen LogP contribution in [0.25, 0.3) is 11.0 Å². The molecule has 0 radical (unpaired) electrons. The summed E-state index contributed by atoms with van der Waals surface area (Å²) in [5, 5.41) is 18.9. The quantitative estimate of drug-likeness (QED) is 0.484. The van der Waals surface area contributed by atoms with Crippen LogP contribution in [0, 0.1) is 23.2 Å². The molecule has 1 aliphatic heterocycles. The number of hydrogen-bond donors (Lipinski definition) is 2. The number of nitrogens with two attached hydrogens (primary N) is 1. The van der Waals surface area contributed by atoms with E-state index in [-0.39, 0.29) is 30.2 Å². The van der Waals surface area contributed by atoms with Gasteiger partial charge in [0.2, 0.25) is 5.95 Å². The Bertz CT molecular complexity index is 1510. The molecule has 3 N–H and O–H groups in total. The largest absolute Gasteiger partial charge is 0.480 e. The number of carbonyl (C=O) groups is 1. The average molecular weight is 476 g/mol. The molecule has 0 amide bonds. The minimum Gasteiger partial charge on any atom is -0.480 e. The number of imidazole rings is 1. The molecule has 0 aliphatic carbocycles. The number of carboxylic acid groups (broad SMARTS) is 1. The highest BCUT2D eigenvalue weighted by molar-refractivity contribution is 5.78. The molecule has 0 spiro atoms. The standard InChI is InChI=1S/C24H25N7O4/c1-2-3-11-29-21-20(27-24(29)28-10-6-9-18(26)14-28)22(34)31(15-19(32)33)30(23(21)35)13-17-8-5-4-7-16(17)12-25/h4-5,7-8,18H,6,9-11,13-15,26H2,1H3,(H,32,33). The highest BCUT2D eigenvalue weighted by atomic mass is 16.4. The Hall–Kier alpha value is -4.35. The number of rotatable bonds is 6. The van der Waals surface area contributed by atoms with Gasteiger partial charge in [0.1, 0.15) is 12.1 Å². The van der Waals surface area contributed by atoms with Crippen LogP contribution in [-0.4, -0.2) is 49.1 Å². The fourth-order valence-corrected chi connectivity index (χ4v) is 4.38. The zero-order valence-electron chi connectivity index (χ0n) is 19.3. The smallest absolute Gasteiger partial charge is 0.325 e. The van der Waals surface area contributed by atoms with Crippen LogP contribution in [0.15, 0.2) is 33.9 Å². The maximum atomic E-state index is 13.8. The van der Waals surface area contributed by atoms with E-state index in [4.69, 9.17) is 5.73 Å². The van der Waals surface area contributed by atoms with Crippen LogP contribution < -0.4 is 21.8 Å². The normalized spacial score (nSPS) is 15.5. The molecule has 0 bridgehead atoms. The predicted octanol–water partition coefficient (Wildman–Crippen LogP) is 0.315. The van der Waals surface area contributed by atoms with Crippen molar-refractivity contribution < 1.29 is 9.90 Å². The first kappa shape index (κ1) is 23.8. The lowest BCUT2D eigenvalue weighted by molar-refractivity contribution is -0.138. The Balaban J connectivity index is 2.01. The molecule has 1 fully saturated rings. The van der Waals surface area contributed by atoms with Crippen LogP contribution in [0.5, 0.6) is 0 Å². The van der Waals surface area contributed by atoms with Crippen LogP contribution in [-0.2, 0) is 24.4 Å².